The third kappa shape index (κ3) is 2.33. The zero-order chi connectivity index (χ0) is 10.7. The molecule has 0 unspecified atom stereocenters. The monoisotopic (exact) mass is 215 g/mol. The highest BCUT2D eigenvalue weighted by Gasteiger charge is 2.11. The Bertz CT molecular complexity index is 333. The zero-order valence-corrected chi connectivity index (χ0v) is 9.38. The van der Waals surface area contributed by atoms with Gasteiger partial charge in [-0.15, -0.1) is 0 Å². The van der Waals surface area contributed by atoms with Crippen molar-refractivity contribution >= 4 is 17.9 Å². The maximum Gasteiger partial charge on any atom is 0.155 e. The van der Waals surface area contributed by atoms with Crippen molar-refractivity contribution in [1.29, 1.82) is 0 Å². The molecule has 0 bridgehead atoms. The second-order valence-electron chi connectivity index (χ2n) is 3.43. The van der Waals surface area contributed by atoms with E-state index < -0.39 is 0 Å². The Kier molecular flexibility index (Phi) is 3.66. The summed E-state index contributed by atoms with van der Waals surface area (Å²) in [5, 5.41) is 4.61. The van der Waals surface area contributed by atoms with Crippen molar-refractivity contribution in [2.45, 2.75) is 13.5 Å². The summed E-state index contributed by atoms with van der Waals surface area (Å²) in [5.74, 6) is 0. The number of nitrogens with zero attached hydrogens (tertiary/aromatic N) is 3. The first-order valence-electron chi connectivity index (χ1n) is 4.39. The smallest absolute Gasteiger partial charge is 0.155 e. The maximum absolute atomic E-state index is 10.7. The summed E-state index contributed by atoms with van der Waals surface area (Å²) in [6.07, 6.45) is 0.747. The van der Waals surface area contributed by atoms with Gasteiger partial charge in [0.25, 0.3) is 0 Å². The van der Waals surface area contributed by atoms with Gasteiger partial charge in [0, 0.05) is 6.54 Å². The molecular weight excluding hydrogens is 202 g/mol. The summed E-state index contributed by atoms with van der Waals surface area (Å²) in [7, 11) is 3.95. The lowest BCUT2D eigenvalue weighted by molar-refractivity contribution is 0.112. The Morgan fingerprint density at radius 2 is 2.21 bits per heavy atom. The molecule has 0 fully saturated rings. The van der Waals surface area contributed by atoms with Gasteiger partial charge in [-0.05, 0) is 21.0 Å². The lowest BCUT2D eigenvalue weighted by atomic mass is 10.3. The van der Waals surface area contributed by atoms with E-state index in [9.17, 15) is 4.79 Å². The van der Waals surface area contributed by atoms with Gasteiger partial charge in [-0.2, -0.15) is 5.10 Å². The van der Waals surface area contributed by atoms with Crippen LogP contribution in [-0.4, -0.2) is 41.6 Å². The van der Waals surface area contributed by atoms with Crippen molar-refractivity contribution in [3.8, 4) is 0 Å². The Morgan fingerprint density at radius 3 is 2.64 bits per heavy atom. The molecular formula is C9H14ClN3O. The minimum atomic E-state index is 0.430. The molecule has 0 spiro atoms. The number of aryl methyl sites for hydroxylation is 1. The van der Waals surface area contributed by atoms with Crippen LogP contribution in [0.3, 0.4) is 0 Å². The van der Waals surface area contributed by atoms with Crippen LogP contribution < -0.4 is 0 Å². The van der Waals surface area contributed by atoms with Crippen molar-refractivity contribution in [3.05, 3.63) is 16.4 Å². The molecule has 1 heterocycles. The van der Waals surface area contributed by atoms with E-state index in [0.29, 0.717) is 23.0 Å². The van der Waals surface area contributed by atoms with E-state index in [1.54, 1.807) is 11.6 Å². The van der Waals surface area contributed by atoms with E-state index in [1.807, 2.05) is 19.0 Å². The Labute approximate surface area is 88.5 Å². The van der Waals surface area contributed by atoms with Crippen LogP contribution in [0.4, 0.5) is 0 Å². The number of rotatable bonds is 4. The van der Waals surface area contributed by atoms with E-state index in [4.69, 9.17) is 11.6 Å². The predicted molar refractivity (Wildman–Crippen MR) is 55.9 cm³/mol. The molecule has 0 aliphatic heterocycles. The highest BCUT2D eigenvalue weighted by Crippen LogP contribution is 2.17. The number of hydrogen-bond donors (Lipinski definition) is 0. The fourth-order valence-corrected chi connectivity index (χ4v) is 1.45. The van der Waals surface area contributed by atoms with Gasteiger partial charge in [-0.25, -0.2) is 0 Å². The first-order chi connectivity index (χ1) is 6.56. The van der Waals surface area contributed by atoms with Crippen molar-refractivity contribution in [3.63, 3.8) is 0 Å². The van der Waals surface area contributed by atoms with Gasteiger partial charge in [0.1, 0.15) is 5.15 Å². The van der Waals surface area contributed by atoms with Crippen LogP contribution in [0.2, 0.25) is 5.15 Å². The van der Waals surface area contributed by atoms with Crippen molar-refractivity contribution in [1.82, 2.24) is 14.7 Å². The molecule has 0 saturated heterocycles. The van der Waals surface area contributed by atoms with Crippen LogP contribution in [0.25, 0.3) is 0 Å². The van der Waals surface area contributed by atoms with E-state index >= 15 is 0 Å². The summed E-state index contributed by atoms with van der Waals surface area (Å²) in [6.45, 7) is 3.32. The highest BCUT2D eigenvalue weighted by atomic mass is 35.5. The number of halogens is 1. The van der Waals surface area contributed by atoms with Gasteiger partial charge in [0.15, 0.2) is 6.29 Å². The lowest BCUT2D eigenvalue weighted by Crippen LogP contribution is -2.19. The summed E-state index contributed by atoms with van der Waals surface area (Å²) >= 11 is 5.96. The number of likely N-dealkylation sites (N-methyl/N-ethyl adjacent to an activating group) is 1. The predicted octanol–water partition coefficient (Wildman–Crippen LogP) is 1.22. The van der Waals surface area contributed by atoms with Crippen LogP contribution in [0, 0.1) is 6.92 Å². The average molecular weight is 216 g/mol. The molecule has 0 aromatic carbocycles. The minimum absolute atomic E-state index is 0.430. The molecule has 1 aromatic heterocycles. The first-order valence-corrected chi connectivity index (χ1v) is 4.77. The summed E-state index contributed by atoms with van der Waals surface area (Å²) in [4.78, 5) is 12.7. The molecule has 0 saturated carbocycles. The zero-order valence-electron chi connectivity index (χ0n) is 8.62. The van der Waals surface area contributed by atoms with Gasteiger partial charge >= 0.3 is 0 Å². The number of aldehydes is 1. The van der Waals surface area contributed by atoms with Gasteiger partial charge in [0.2, 0.25) is 0 Å². The topological polar surface area (TPSA) is 38.1 Å². The molecule has 1 aromatic rings. The molecule has 78 valence electrons. The molecule has 14 heavy (non-hydrogen) atoms. The van der Waals surface area contributed by atoms with Crippen LogP contribution in [0.15, 0.2) is 0 Å². The third-order valence-electron chi connectivity index (χ3n) is 1.99. The Hall–Kier alpha value is -0.870. The molecule has 0 atom stereocenters. The van der Waals surface area contributed by atoms with Crippen LogP contribution in [0.1, 0.15) is 16.1 Å². The van der Waals surface area contributed by atoms with Gasteiger partial charge in [-0.1, -0.05) is 11.6 Å². The SMILES string of the molecule is Cc1nn(CCN(C)C)c(Cl)c1C=O. The maximum atomic E-state index is 10.7. The Balaban J connectivity index is 2.83. The molecule has 0 radical (unpaired) electrons. The number of carbonyl (C=O) groups excluding carboxylic acids is 1. The molecule has 0 aliphatic carbocycles. The van der Waals surface area contributed by atoms with E-state index in [2.05, 4.69) is 5.10 Å². The van der Waals surface area contributed by atoms with Gasteiger partial charge in [-0.3, -0.25) is 9.48 Å². The van der Waals surface area contributed by atoms with Crippen molar-refractivity contribution in [2.75, 3.05) is 20.6 Å². The number of hydrogen-bond acceptors (Lipinski definition) is 3. The lowest BCUT2D eigenvalue weighted by Gasteiger charge is -2.09. The Morgan fingerprint density at radius 1 is 1.57 bits per heavy atom. The normalized spacial score (nSPS) is 10.9. The fraction of sp³-hybridized carbons (Fsp3) is 0.556. The van der Waals surface area contributed by atoms with E-state index in [0.717, 1.165) is 12.8 Å². The van der Waals surface area contributed by atoms with Crippen molar-refractivity contribution in [2.24, 2.45) is 0 Å². The number of carbonyl (C=O) groups is 1. The molecule has 0 N–H and O–H groups in total. The van der Waals surface area contributed by atoms with Crippen molar-refractivity contribution < 1.29 is 4.79 Å². The van der Waals surface area contributed by atoms with Crippen LogP contribution >= 0.6 is 11.6 Å². The summed E-state index contributed by atoms with van der Waals surface area (Å²) in [5.41, 5.74) is 1.18. The highest BCUT2D eigenvalue weighted by molar-refractivity contribution is 6.32. The molecule has 1 rings (SSSR count). The van der Waals surface area contributed by atoms with Gasteiger partial charge < -0.3 is 4.90 Å². The van der Waals surface area contributed by atoms with E-state index in [-0.39, 0.29) is 0 Å². The fourth-order valence-electron chi connectivity index (χ4n) is 1.14. The minimum Gasteiger partial charge on any atom is -0.308 e. The molecule has 5 heteroatoms. The largest absolute Gasteiger partial charge is 0.308 e. The first kappa shape index (κ1) is 11.2. The summed E-state index contributed by atoms with van der Waals surface area (Å²) < 4.78 is 1.65. The molecule has 4 nitrogen and oxygen atoms in total. The third-order valence-corrected chi connectivity index (χ3v) is 2.38. The van der Waals surface area contributed by atoms with Gasteiger partial charge in [0.05, 0.1) is 17.8 Å². The number of aromatic nitrogens is 2. The van der Waals surface area contributed by atoms with Crippen LogP contribution in [0.5, 0.6) is 0 Å². The van der Waals surface area contributed by atoms with E-state index in [1.165, 1.54) is 0 Å². The standard InChI is InChI=1S/C9H14ClN3O/c1-7-8(6-14)9(10)13(11-7)5-4-12(2)3/h6H,4-5H2,1-3H3. The van der Waals surface area contributed by atoms with Crippen LogP contribution in [-0.2, 0) is 6.54 Å². The summed E-state index contributed by atoms with van der Waals surface area (Å²) in [6, 6.07) is 0. The average Bonchev–Trinajstić information content (AvgIpc) is 2.38. The molecule has 0 aliphatic rings. The molecule has 0 amide bonds. The second-order valence-corrected chi connectivity index (χ2v) is 3.79. The second kappa shape index (κ2) is 4.57. The quantitative estimate of drug-likeness (QED) is 0.709.